The van der Waals surface area contributed by atoms with E-state index in [9.17, 15) is 0 Å². The fourth-order valence-electron chi connectivity index (χ4n) is 1.32. The summed E-state index contributed by atoms with van der Waals surface area (Å²) in [5.74, 6) is 0. The summed E-state index contributed by atoms with van der Waals surface area (Å²) in [5, 5.41) is 3.31. The van der Waals surface area contributed by atoms with Crippen molar-refractivity contribution >= 4 is 11.4 Å². The maximum atomic E-state index is 3.95. The molecule has 0 bridgehead atoms. The zero-order valence-corrected chi connectivity index (χ0v) is 7.90. The van der Waals surface area contributed by atoms with Crippen molar-refractivity contribution in [2.45, 2.75) is 0 Å². The molecule has 0 aliphatic heterocycles. The largest absolute Gasteiger partial charge is 0.355 e. The van der Waals surface area contributed by atoms with Gasteiger partial charge in [-0.1, -0.05) is 36.4 Å². The molecule has 0 aliphatic carbocycles. The van der Waals surface area contributed by atoms with Crippen molar-refractivity contribution in [3.05, 3.63) is 67.1 Å². The average Bonchev–Trinajstić information content (AvgIpc) is 2.23. The summed E-state index contributed by atoms with van der Waals surface area (Å²) in [5.41, 5.74) is 3.15. The van der Waals surface area contributed by atoms with Gasteiger partial charge in [0.1, 0.15) is 0 Å². The Balaban J connectivity index is 2.24. The molecule has 1 N–H and O–H groups in total. The number of rotatable bonds is 2. The van der Waals surface area contributed by atoms with Gasteiger partial charge in [-0.25, -0.2) is 0 Å². The number of para-hydroxylation sites is 2. The average molecular weight is 182 g/mol. The van der Waals surface area contributed by atoms with E-state index in [1.165, 1.54) is 0 Å². The highest BCUT2D eigenvalue weighted by atomic mass is 14.9. The molecule has 1 nitrogen and oxygen atoms in total. The summed E-state index contributed by atoms with van der Waals surface area (Å²) < 4.78 is 0. The van der Waals surface area contributed by atoms with Crippen molar-refractivity contribution < 1.29 is 0 Å². The number of hydrogen-bond donors (Lipinski definition) is 1. The van der Waals surface area contributed by atoms with E-state index in [0.29, 0.717) is 0 Å². The molecule has 0 spiro atoms. The summed E-state index contributed by atoms with van der Waals surface area (Å²) in [6.07, 6.45) is 0. The van der Waals surface area contributed by atoms with Gasteiger partial charge in [0.25, 0.3) is 0 Å². The first-order valence-electron chi connectivity index (χ1n) is 4.59. The first-order chi connectivity index (χ1) is 6.86. The summed E-state index contributed by atoms with van der Waals surface area (Å²) in [6.45, 7) is 3.95. The van der Waals surface area contributed by atoms with Crippen molar-refractivity contribution in [2.24, 2.45) is 0 Å². The molecule has 0 saturated carbocycles. The van der Waals surface area contributed by atoms with Crippen molar-refractivity contribution in [3.8, 4) is 0 Å². The molecule has 1 radical (unpaired) electrons. The van der Waals surface area contributed by atoms with Gasteiger partial charge in [0.05, 0.1) is 0 Å². The molecule has 0 fully saturated rings. The molecular formula is C13H12N. The van der Waals surface area contributed by atoms with Crippen LogP contribution in [0.3, 0.4) is 0 Å². The lowest BCUT2D eigenvalue weighted by atomic mass is 10.2. The van der Waals surface area contributed by atoms with Gasteiger partial charge >= 0.3 is 0 Å². The summed E-state index contributed by atoms with van der Waals surface area (Å²) >= 11 is 0. The van der Waals surface area contributed by atoms with Crippen LogP contribution in [-0.4, -0.2) is 0 Å². The fourth-order valence-corrected chi connectivity index (χ4v) is 1.32. The Hall–Kier alpha value is -1.76. The van der Waals surface area contributed by atoms with Crippen LogP contribution in [0.5, 0.6) is 0 Å². The van der Waals surface area contributed by atoms with Gasteiger partial charge in [-0.3, -0.25) is 0 Å². The topological polar surface area (TPSA) is 12.0 Å². The van der Waals surface area contributed by atoms with Crippen LogP contribution in [0.25, 0.3) is 0 Å². The fraction of sp³-hybridized carbons (Fsp3) is 0. The van der Waals surface area contributed by atoms with Crippen LogP contribution < -0.4 is 5.32 Å². The second kappa shape index (κ2) is 3.97. The normalized spacial score (nSPS) is 9.79. The summed E-state index contributed by atoms with van der Waals surface area (Å²) in [7, 11) is 0. The molecule has 0 amide bonds. The second-order valence-corrected chi connectivity index (χ2v) is 3.15. The predicted octanol–water partition coefficient (Wildman–Crippen LogP) is 3.61. The lowest BCUT2D eigenvalue weighted by Crippen LogP contribution is -1.91. The first-order valence-corrected chi connectivity index (χ1v) is 4.59. The highest BCUT2D eigenvalue weighted by molar-refractivity contribution is 5.63. The van der Waals surface area contributed by atoms with Crippen molar-refractivity contribution in [2.75, 3.05) is 5.32 Å². The molecule has 0 atom stereocenters. The number of benzene rings is 2. The Labute approximate surface area is 84.4 Å². The Kier molecular flexibility index (Phi) is 2.50. The van der Waals surface area contributed by atoms with Gasteiger partial charge in [-0.05, 0) is 30.7 Å². The SMILES string of the molecule is [CH2]c1ccccc1Nc1ccccc1. The van der Waals surface area contributed by atoms with Gasteiger partial charge in [0.15, 0.2) is 0 Å². The molecule has 0 heterocycles. The summed E-state index contributed by atoms with van der Waals surface area (Å²) in [4.78, 5) is 0. The molecule has 69 valence electrons. The lowest BCUT2D eigenvalue weighted by molar-refractivity contribution is 1.51. The molecule has 2 rings (SSSR count). The minimum Gasteiger partial charge on any atom is -0.355 e. The number of anilines is 2. The molecule has 0 saturated heterocycles. The van der Waals surface area contributed by atoms with Crippen LogP contribution in [0.1, 0.15) is 5.56 Å². The maximum absolute atomic E-state index is 3.95. The van der Waals surface area contributed by atoms with E-state index in [1.54, 1.807) is 0 Å². The van der Waals surface area contributed by atoms with Gasteiger partial charge in [-0.15, -0.1) is 0 Å². The van der Waals surface area contributed by atoms with Crippen LogP contribution in [0, 0.1) is 6.92 Å². The standard InChI is InChI=1S/C13H12N/c1-11-7-5-6-10-13(11)14-12-8-3-2-4-9-12/h2-10,14H,1H2. The lowest BCUT2D eigenvalue weighted by Gasteiger charge is -2.08. The Morgan fingerprint density at radius 3 is 2.14 bits per heavy atom. The monoisotopic (exact) mass is 182 g/mol. The summed E-state index contributed by atoms with van der Waals surface area (Å²) in [6, 6.07) is 18.1. The highest BCUT2D eigenvalue weighted by Gasteiger charge is 1.95. The highest BCUT2D eigenvalue weighted by Crippen LogP contribution is 2.19. The van der Waals surface area contributed by atoms with Crippen LogP contribution in [0.4, 0.5) is 11.4 Å². The van der Waals surface area contributed by atoms with E-state index in [4.69, 9.17) is 0 Å². The molecule has 0 aliphatic rings. The zero-order valence-electron chi connectivity index (χ0n) is 7.90. The Morgan fingerprint density at radius 2 is 1.43 bits per heavy atom. The predicted molar refractivity (Wildman–Crippen MR) is 60.6 cm³/mol. The van der Waals surface area contributed by atoms with Gasteiger partial charge in [0, 0.05) is 11.4 Å². The minimum atomic E-state index is 1.01. The van der Waals surface area contributed by atoms with E-state index < -0.39 is 0 Å². The quantitative estimate of drug-likeness (QED) is 0.748. The van der Waals surface area contributed by atoms with Gasteiger partial charge in [-0.2, -0.15) is 0 Å². The van der Waals surface area contributed by atoms with Crippen molar-refractivity contribution in [1.82, 2.24) is 0 Å². The molecule has 2 aromatic rings. The van der Waals surface area contributed by atoms with Gasteiger partial charge in [0.2, 0.25) is 0 Å². The van der Waals surface area contributed by atoms with Crippen LogP contribution >= 0.6 is 0 Å². The third-order valence-electron chi connectivity index (χ3n) is 2.07. The van der Waals surface area contributed by atoms with E-state index in [2.05, 4.69) is 12.2 Å². The van der Waals surface area contributed by atoms with E-state index in [-0.39, 0.29) is 0 Å². The molecule has 0 aromatic heterocycles. The van der Waals surface area contributed by atoms with E-state index >= 15 is 0 Å². The van der Waals surface area contributed by atoms with Crippen molar-refractivity contribution in [1.29, 1.82) is 0 Å². The molecule has 0 unspecified atom stereocenters. The van der Waals surface area contributed by atoms with Crippen LogP contribution in [0.2, 0.25) is 0 Å². The number of nitrogens with one attached hydrogen (secondary N) is 1. The van der Waals surface area contributed by atoms with Crippen molar-refractivity contribution in [3.63, 3.8) is 0 Å². The third kappa shape index (κ3) is 1.94. The molecule has 1 heteroatoms. The zero-order chi connectivity index (χ0) is 9.80. The molecular weight excluding hydrogens is 170 g/mol. The Bertz CT molecular complexity index is 407. The van der Waals surface area contributed by atoms with Crippen LogP contribution in [-0.2, 0) is 0 Å². The molecule has 14 heavy (non-hydrogen) atoms. The third-order valence-corrected chi connectivity index (χ3v) is 2.07. The number of hydrogen-bond acceptors (Lipinski definition) is 1. The van der Waals surface area contributed by atoms with E-state index in [1.807, 2.05) is 54.6 Å². The minimum absolute atomic E-state index is 1.01. The smallest absolute Gasteiger partial charge is 0.0416 e. The van der Waals surface area contributed by atoms with Crippen LogP contribution in [0.15, 0.2) is 54.6 Å². The second-order valence-electron chi connectivity index (χ2n) is 3.15. The Morgan fingerprint density at radius 1 is 0.786 bits per heavy atom. The first kappa shape index (κ1) is 8.82. The molecule has 2 aromatic carbocycles. The van der Waals surface area contributed by atoms with Gasteiger partial charge < -0.3 is 5.32 Å². The maximum Gasteiger partial charge on any atom is 0.0416 e. The van der Waals surface area contributed by atoms with E-state index in [0.717, 1.165) is 16.9 Å².